The molecule has 1 amide bonds. The van der Waals surface area contributed by atoms with Crippen LogP contribution in [0.5, 0.6) is 0 Å². The Kier molecular flexibility index (Phi) is 4.21. The predicted octanol–water partition coefficient (Wildman–Crippen LogP) is 1.43. The molecule has 1 heterocycles. The van der Waals surface area contributed by atoms with Gasteiger partial charge in [0.15, 0.2) is 0 Å². The molecule has 0 spiro atoms. The van der Waals surface area contributed by atoms with Gasteiger partial charge in [-0.2, -0.15) is 12.7 Å². The van der Waals surface area contributed by atoms with E-state index in [1.165, 1.54) is 0 Å². The first-order chi connectivity index (χ1) is 7.63. The van der Waals surface area contributed by atoms with E-state index in [4.69, 9.17) is 4.74 Å². The molecule has 0 unspecified atom stereocenters. The lowest BCUT2D eigenvalue weighted by molar-refractivity contribution is 0.126. The molecule has 1 fully saturated rings. The summed E-state index contributed by atoms with van der Waals surface area (Å²) >= 11 is 0. The molecule has 0 radical (unpaired) electrons. The maximum absolute atomic E-state index is 11.6. The van der Waals surface area contributed by atoms with Crippen LogP contribution >= 0.6 is 0 Å². The van der Waals surface area contributed by atoms with Crippen LogP contribution in [0.4, 0.5) is 4.79 Å². The second-order valence-electron chi connectivity index (χ2n) is 5.31. The van der Waals surface area contributed by atoms with Crippen LogP contribution in [0.3, 0.4) is 0 Å². The van der Waals surface area contributed by atoms with Crippen molar-refractivity contribution >= 4 is 24.5 Å². The van der Waals surface area contributed by atoms with Gasteiger partial charge in [0.1, 0.15) is 0 Å². The SMILES string of the molecule is C[C@H]1COS(=O)(=O)N1C(=O)OCC[Si](C)(C)C. The Morgan fingerprint density at radius 2 is 2.06 bits per heavy atom. The first-order valence-corrected chi connectivity index (χ1v) is 10.6. The first-order valence-electron chi connectivity index (χ1n) is 5.49. The van der Waals surface area contributed by atoms with Gasteiger partial charge in [-0.15, -0.1) is 0 Å². The van der Waals surface area contributed by atoms with Crippen molar-refractivity contribution in [3.8, 4) is 0 Å². The van der Waals surface area contributed by atoms with Crippen LogP contribution in [-0.4, -0.2) is 46.1 Å². The Morgan fingerprint density at radius 1 is 1.47 bits per heavy atom. The fourth-order valence-electron chi connectivity index (χ4n) is 1.31. The highest BCUT2D eigenvalue weighted by Crippen LogP contribution is 2.19. The summed E-state index contributed by atoms with van der Waals surface area (Å²) in [6.45, 7) is 8.31. The van der Waals surface area contributed by atoms with E-state index in [1.54, 1.807) is 6.92 Å². The van der Waals surface area contributed by atoms with Gasteiger partial charge in [-0.1, -0.05) is 19.6 Å². The van der Waals surface area contributed by atoms with Crippen molar-refractivity contribution in [2.75, 3.05) is 13.2 Å². The van der Waals surface area contributed by atoms with Crippen LogP contribution in [-0.2, 0) is 19.2 Å². The van der Waals surface area contributed by atoms with E-state index in [1.807, 2.05) is 0 Å². The minimum absolute atomic E-state index is 0.00848. The zero-order valence-corrected chi connectivity index (χ0v) is 12.4. The Labute approximate surface area is 103 Å². The summed E-state index contributed by atoms with van der Waals surface area (Å²) in [5.41, 5.74) is 0. The maximum atomic E-state index is 11.6. The van der Waals surface area contributed by atoms with Crippen molar-refractivity contribution in [2.24, 2.45) is 0 Å². The summed E-state index contributed by atoms with van der Waals surface area (Å²) in [5.74, 6) is 0. The van der Waals surface area contributed by atoms with Crippen LogP contribution < -0.4 is 0 Å². The zero-order chi connectivity index (χ0) is 13.3. The van der Waals surface area contributed by atoms with Gasteiger partial charge in [0.05, 0.1) is 19.3 Å². The summed E-state index contributed by atoms with van der Waals surface area (Å²) in [6, 6.07) is 0.307. The van der Waals surface area contributed by atoms with Crippen molar-refractivity contribution < 1.29 is 22.1 Å². The average molecular weight is 281 g/mol. The molecule has 6 nitrogen and oxygen atoms in total. The number of carbonyl (C=O) groups is 1. The first kappa shape index (κ1) is 14.5. The van der Waals surface area contributed by atoms with Crippen molar-refractivity contribution in [3.05, 3.63) is 0 Å². The molecule has 0 saturated carbocycles. The average Bonchev–Trinajstić information content (AvgIpc) is 2.38. The molecule has 1 aliphatic rings. The number of hydrogen-bond donors (Lipinski definition) is 0. The summed E-state index contributed by atoms with van der Waals surface area (Å²) in [4.78, 5) is 11.6. The number of nitrogens with zero attached hydrogens (tertiary/aromatic N) is 1. The molecule has 0 aromatic heterocycles. The van der Waals surface area contributed by atoms with E-state index in [0.29, 0.717) is 4.31 Å². The number of rotatable bonds is 3. The molecule has 1 aliphatic heterocycles. The summed E-state index contributed by atoms with van der Waals surface area (Å²) < 4.78 is 32.9. The van der Waals surface area contributed by atoms with Crippen LogP contribution in [0, 0.1) is 0 Å². The third-order valence-electron chi connectivity index (χ3n) is 2.36. The Morgan fingerprint density at radius 3 is 2.47 bits per heavy atom. The van der Waals surface area contributed by atoms with Crippen molar-refractivity contribution in [3.63, 3.8) is 0 Å². The molecule has 100 valence electrons. The van der Waals surface area contributed by atoms with E-state index in [-0.39, 0.29) is 13.2 Å². The Hall–Kier alpha value is -0.603. The highest BCUT2D eigenvalue weighted by molar-refractivity contribution is 7.85. The highest BCUT2D eigenvalue weighted by Gasteiger charge is 2.41. The van der Waals surface area contributed by atoms with E-state index >= 15 is 0 Å². The predicted molar refractivity (Wildman–Crippen MR) is 65.7 cm³/mol. The smallest absolute Gasteiger partial charge is 0.425 e. The highest BCUT2D eigenvalue weighted by atomic mass is 32.2. The van der Waals surface area contributed by atoms with Crippen molar-refractivity contribution in [1.82, 2.24) is 4.31 Å². The number of amides is 1. The fourth-order valence-corrected chi connectivity index (χ4v) is 3.24. The second-order valence-corrected chi connectivity index (χ2v) is 12.4. The number of hydrogen-bond acceptors (Lipinski definition) is 5. The molecule has 17 heavy (non-hydrogen) atoms. The minimum atomic E-state index is -3.93. The van der Waals surface area contributed by atoms with E-state index in [2.05, 4.69) is 23.8 Å². The molecule has 0 aromatic rings. The van der Waals surface area contributed by atoms with Gasteiger partial charge in [0.2, 0.25) is 0 Å². The van der Waals surface area contributed by atoms with E-state index in [9.17, 15) is 13.2 Å². The molecule has 0 aliphatic carbocycles. The number of ether oxygens (including phenoxy) is 1. The van der Waals surface area contributed by atoms with E-state index in [0.717, 1.165) is 6.04 Å². The number of carbonyl (C=O) groups excluding carboxylic acids is 1. The topological polar surface area (TPSA) is 72.9 Å². The molecule has 0 bridgehead atoms. The standard InChI is InChI=1S/C9H19NO5SSi/c1-8-7-15-16(12,13)10(8)9(11)14-5-6-17(2,3)4/h8H,5-7H2,1-4H3/t8-/m0/s1. The van der Waals surface area contributed by atoms with Gasteiger partial charge >= 0.3 is 16.4 Å². The largest absolute Gasteiger partial charge is 0.449 e. The lowest BCUT2D eigenvalue weighted by Gasteiger charge is -2.19. The lowest BCUT2D eigenvalue weighted by Crippen LogP contribution is -2.38. The Bertz CT molecular complexity index is 389. The van der Waals surface area contributed by atoms with Gasteiger partial charge in [0.25, 0.3) is 0 Å². The molecule has 1 saturated heterocycles. The van der Waals surface area contributed by atoms with Crippen molar-refractivity contribution in [2.45, 2.75) is 38.7 Å². The quantitative estimate of drug-likeness (QED) is 0.732. The Balaban J connectivity index is 2.53. The monoisotopic (exact) mass is 281 g/mol. The summed E-state index contributed by atoms with van der Waals surface area (Å²) in [7, 11) is -5.22. The normalized spacial score (nSPS) is 23.8. The van der Waals surface area contributed by atoms with Gasteiger partial charge in [-0.25, -0.2) is 4.79 Å². The molecular formula is C9H19NO5SSi. The second kappa shape index (κ2) is 4.95. The van der Waals surface area contributed by atoms with Crippen LogP contribution in [0.2, 0.25) is 25.7 Å². The van der Waals surface area contributed by atoms with Gasteiger partial charge in [-0.3, -0.25) is 4.18 Å². The third kappa shape index (κ3) is 3.97. The summed E-state index contributed by atoms with van der Waals surface area (Å²) in [5, 5.41) is 0. The molecule has 0 N–H and O–H groups in total. The van der Waals surface area contributed by atoms with Gasteiger partial charge in [0, 0.05) is 8.07 Å². The molecule has 1 atom stereocenters. The fraction of sp³-hybridized carbons (Fsp3) is 0.889. The zero-order valence-electron chi connectivity index (χ0n) is 10.6. The van der Waals surface area contributed by atoms with Gasteiger partial charge in [-0.05, 0) is 13.0 Å². The van der Waals surface area contributed by atoms with Crippen LogP contribution in [0.25, 0.3) is 0 Å². The summed E-state index contributed by atoms with van der Waals surface area (Å²) in [6.07, 6.45) is -0.840. The molecule has 0 aromatic carbocycles. The minimum Gasteiger partial charge on any atom is -0.449 e. The molecular weight excluding hydrogens is 262 g/mol. The lowest BCUT2D eigenvalue weighted by atomic mass is 10.4. The van der Waals surface area contributed by atoms with E-state index < -0.39 is 30.5 Å². The maximum Gasteiger partial charge on any atom is 0.425 e. The molecule has 8 heteroatoms. The molecule has 1 rings (SSSR count). The van der Waals surface area contributed by atoms with Crippen LogP contribution in [0.1, 0.15) is 6.92 Å². The van der Waals surface area contributed by atoms with Crippen molar-refractivity contribution in [1.29, 1.82) is 0 Å². The van der Waals surface area contributed by atoms with Gasteiger partial charge < -0.3 is 4.74 Å². The third-order valence-corrected chi connectivity index (χ3v) is 5.49. The van der Waals surface area contributed by atoms with Crippen LogP contribution in [0.15, 0.2) is 0 Å².